The van der Waals surface area contributed by atoms with Gasteiger partial charge in [-0.25, -0.2) is 4.79 Å². The average molecular weight is 259 g/mol. The van der Waals surface area contributed by atoms with Gasteiger partial charge in [-0.05, 0) is 0 Å². The first-order chi connectivity index (χ1) is 8.27. The molecule has 0 fully saturated rings. The molecule has 0 atom stereocenters. The number of carbonyl (C=O) groups excluding carboxylic acids is 1. The number of rotatable bonds is 1. The van der Waals surface area contributed by atoms with Crippen molar-refractivity contribution >= 4 is 17.6 Å². The number of pyridine rings is 1. The lowest BCUT2D eigenvalue weighted by Gasteiger charge is -2.13. The maximum absolute atomic E-state index is 12.7. The summed E-state index contributed by atoms with van der Waals surface area (Å²) in [6, 6.07) is 1.26. The normalized spacial score (nSPS) is 10.6. The van der Waals surface area contributed by atoms with Crippen LogP contribution in [-0.4, -0.2) is 22.0 Å². The van der Waals surface area contributed by atoms with E-state index in [1.807, 2.05) is 0 Å². The number of halogens is 3. The molecule has 0 saturated heterocycles. The Morgan fingerprint density at radius 1 is 1.39 bits per heavy atom. The van der Waals surface area contributed by atoms with Crippen LogP contribution in [0.2, 0.25) is 0 Å². The van der Waals surface area contributed by atoms with Gasteiger partial charge >= 0.3 is 18.1 Å². The first-order valence-corrected chi connectivity index (χ1v) is 4.27. The highest BCUT2D eigenvalue weighted by Crippen LogP contribution is 2.36. The minimum atomic E-state index is -4.92. The summed E-state index contributed by atoms with van der Waals surface area (Å²) in [6.45, 7) is 0. The van der Waals surface area contributed by atoms with Crippen LogP contribution in [-0.2, 0) is 15.8 Å². The molecule has 0 saturated carbocycles. The topological polar surface area (TPSA) is 103 Å². The van der Waals surface area contributed by atoms with Crippen LogP contribution in [0.25, 0.3) is 0 Å². The molecule has 18 heavy (non-hydrogen) atoms. The number of carboxylic acid groups (broad SMARTS) is 1. The number of nitrogens with one attached hydrogen (secondary N) is 1. The third-order valence-electron chi connectivity index (χ3n) is 1.79. The van der Waals surface area contributed by atoms with Crippen molar-refractivity contribution in [2.24, 2.45) is 0 Å². The minimum absolute atomic E-state index is 0.616. The second-order valence-electron chi connectivity index (χ2n) is 2.98. The molecule has 9 heteroatoms. The summed E-state index contributed by atoms with van der Waals surface area (Å²) in [5.41, 5.74) is -3.13. The molecule has 1 heterocycles. The zero-order valence-corrected chi connectivity index (χ0v) is 8.45. The molecule has 0 aliphatic carbocycles. The van der Waals surface area contributed by atoms with Crippen molar-refractivity contribution in [3.05, 3.63) is 23.5 Å². The van der Waals surface area contributed by atoms with Crippen molar-refractivity contribution in [2.45, 2.75) is 6.18 Å². The number of amides is 1. The fourth-order valence-corrected chi connectivity index (χ4v) is 1.12. The monoisotopic (exact) mass is 259 g/mol. The van der Waals surface area contributed by atoms with E-state index in [0.717, 1.165) is 0 Å². The molecular formula is C9H4F3N3O3. The number of anilines is 1. The molecule has 0 bridgehead atoms. The SMILES string of the molecule is N#Cc1cncc(NC(=O)C(=O)O)c1C(F)(F)F. The van der Waals surface area contributed by atoms with E-state index < -0.39 is 34.9 Å². The Morgan fingerprint density at radius 3 is 2.44 bits per heavy atom. The van der Waals surface area contributed by atoms with Crippen molar-refractivity contribution in [3.63, 3.8) is 0 Å². The summed E-state index contributed by atoms with van der Waals surface area (Å²) in [5.74, 6) is -3.61. The predicted molar refractivity (Wildman–Crippen MR) is 50.2 cm³/mol. The molecule has 0 unspecified atom stereocenters. The highest BCUT2D eigenvalue weighted by Gasteiger charge is 2.37. The van der Waals surface area contributed by atoms with E-state index in [1.54, 1.807) is 0 Å². The molecular weight excluding hydrogens is 255 g/mol. The zero-order chi connectivity index (χ0) is 13.9. The highest BCUT2D eigenvalue weighted by molar-refractivity contribution is 6.36. The second-order valence-corrected chi connectivity index (χ2v) is 2.98. The quantitative estimate of drug-likeness (QED) is 0.732. The molecule has 0 aliphatic rings. The number of nitriles is 1. The van der Waals surface area contributed by atoms with Gasteiger partial charge in [0.1, 0.15) is 6.07 Å². The van der Waals surface area contributed by atoms with E-state index in [0.29, 0.717) is 12.4 Å². The van der Waals surface area contributed by atoms with Crippen LogP contribution in [0.5, 0.6) is 0 Å². The van der Waals surface area contributed by atoms with Crippen LogP contribution >= 0.6 is 0 Å². The number of carboxylic acids is 1. The lowest BCUT2D eigenvalue weighted by Crippen LogP contribution is -2.24. The maximum atomic E-state index is 12.7. The summed E-state index contributed by atoms with van der Waals surface area (Å²) in [7, 11) is 0. The molecule has 0 radical (unpaired) electrons. The van der Waals surface area contributed by atoms with Crippen molar-refractivity contribution in [3.8, 4) is 6.07 Å². The molecule has 94 valence electrons. The number of aromatic nitrogens is 1. The lowest BCUT2D eigenvalue weighted by atomic mass is 10.1. The first-order valence-electron chi connectivity index (χ1n) is 4.27. The van der Waals surface area contributed by atoms with Crippen LogP contribution in [0.1, 0.15) is 11.1 Å². The number of hydrogen-bond donors (Lipinski definition) is 2. The zero-order valence-electron chi connectivity index (χ0n) is 8.45. The summed E-state index contributed by atoms with van der Waals surface area (Å²) < 4.78 is 38.0. The molecule has 1 rings (SSSR count). The Hall–Kier alpha value is -2.63. The van der Waals surface area contributed by atoms with E-state index >= 15 is 0 Å². The van der Waals surface area contributed by atoms with Gasteiger partial charge in [-0.2, -0.15) is 18.4 Å². The van der Waals surface area contributed by atoms with Gasteiger partial charge in [0.05, 0.1) is 23.0 Å². The van der Waals surface area contributed by atoms with Crippen LogP contribution in [0.3, 0.4) is 0 Å². The summed E-state index contributed by atoms with van der Waals surface area (Å²) in [6.07, 6.45) is -3.64. The fourth-order valence-electron chi connectivity index (χ4n) is 1.12. The van der Waals surface area contributed by atoms with Crippen molar-refractivity contribution in [1.82, 2.24) is 4.98 Å². The number of nitrogens with zero attached hydrogens (tertiary/aromatic N) is 2. The number of hydrogen-bond acceptors (Lipinski definition) is 4. The largest absolute Gasteiger partial charge is 0.474 e. The van der Waals surface area contributed by atoms with Gasteiger partial charge in [0.2, 0.25) is 0 Å². The molecule has 0 aliphatic heterocycles. The van der Waals surface area contributed by atoms with Crippen molar-refractivity contribution in [1.29, 1.82) is 5.26 Å². The van der Waals surface area contributed by atoms with Crippen LogP contribution < -0.4 is 5.32 Å². The molecule has 1 aromatic rings. The van der Waals surface area contributed by atoms with Gasteiger partial charge in [-0.3, -0.25) is 9.78 Å². The van der Waals surface area contributed by atoms with Gasteiger partial charge in [-0.1, -0.05) is 0 Å². The molecule has 0 aromatic carbocycles. The van der Waals surface area contributed by atoms with Gasteiger partial charge in [0.25, 0.3) is 0 Å². The standard InChI is InChI=1S/C9H4F3N3O3/c10-9(11,12)6-4(1-13)2-14-3-5(6)15-7(16)8(17)18/h2-3H,(H,15,16)(H,17,18). The Kier molecular flexibility index (Phi) is 3.51. The third kappa shape index (κ3) is 2.73. The summed E-state index contributed by atoms with van der Waals surface area (Å²) >= 11 is 0. The van der Waals surface area contributed by atoms with E-state index in [4.69, 9.17) is 10.4 Å². The molecule has 2 N–H and O–H groups in total. The van der Waals surface area contributed by atoms with Crippen LogP contribution in [0.4, 0.5) is 18.9 Å². The average Bonchev–Trinajstić information content (AvgIpc) is 2.26. The summed E-state index contributed by atoms with van der Waals surface area (Å²) in [5, 5.41) is 18.3. The Balaban J connectivity index is 3.33. The lowest BCUT2D eigenvalue weighted by molar-refractivity contribution is -0.147. The Labute approximate surface area is 97.7 Å². The van der Waals surface area contributed by atoms with Crippen molar-refractivity contribution in [2.75, 3.05) is 5.32 Å². The van der Waals surface area contributed by atoms with Gasteiger partial charge in [0, 0.05) is 6.20 Å². The van der Waals surface area contributed by atoms with Crippen LogP contribution in [0.15, 0.2) is 12.4 Å². The number of aliphatic carboxylic acids is 1. The molecule has 0 spiro atoms. The third-order valence-corrected chi connectivity index (χ3v) is 1.79. The van der Waals surface area contributed by atoms with E-state index in [9.17, 15) is 22.8 Å². The van der Waals surface area contributed by atoms with Crippen molar-refractivity contribution < 1.29 is 27.9 Å². The van der Waals surface area contributed by atoms with E-state index in [1.165, 1.54) is 11.4 Å². The number of alkyl halides is 3. The predicted octanol–water partition coefficient (Wildman–Crippen LogP) is 0.995. The first kappa shape index (κ1) is 13.4. The molecule has 1 aromatic heterocycles. The second kappa shape index (κ2) is 4.70. The molecule has 6 nitrogen and oxygen atoms in total. The van der Waals surface area contributed by atoms with Crippen LogP contribution in [0, 0.1) is 11.3 Å². The Bertz CT molecular complexity index is 548. The Morgan fingerprint density at radius 2 is 2.00 bits per heavy atom. The maximum Gasteiger partial charge on any atom is 0.419 e. The van der Waals surface area contributed by atoms with E-state index in [2.05, 4.69) is 4.98 Å². The van der Waals surface area contributed by atoms with Gasteiger partial charge in [0.15, 0.2) is 0 Å². The van der Waals surface area contributed by atoms with E-state index in [-0.39, 0.29) is 0 Å². The molecule has 1 amide bonds. The number of carbonyl (C=O) groups is 2. The fraction of sp³-hybridized carbons (Fsp3) is 0.111. The highest BCUT2D eigenvalue weighted by atomic mass is 19.4. The van der Waals surface area contributed by atoms with Gasteiger partial charge < -0.3 is 10.4 Å². The van der Waals surface area contributed by atoms with Gasteiger partial charge in [-0.15, -0.1) is 0 Å². The summed E-state index contributed by atoms with van der Waals surface area (Å²) in [4.78, 5) is 24.4. The smallest absolute Gasteiger partial charge is 0.419 e. The minimum Gasteiger partial charge on any atom is -0.474 e.